The molecular formula is C24H23N3O4. The van der Waals surface area contributed by atoms with Gasteiger partial charge in [0.25, 0.3) is 0 Å². The van der Waals surface area contributed by atoms with Gasteiger partial charge in [-0.2, -0.15) is 5.01 Å². The third-order valence-corrected chi connectivity index (χ3v) is 5.64. The van der Waals surface area contributed by atoms with E-state index in [0.717, 1.165) is 35.0 Å². The van der Waals surface area contributed by atoms with Crippen LogP contribution < -0.4 is 9.47 Å². The molecule has 1 fully saturated rings. The number of carbonyl (C=O) groups is 1. The first-order valence-corrected chi connectivity index (χ1v) is 10.3. The highest BCUT2D eigenvalue weighted by atomic mass is 16.5. The molecule has 1 amide bonds. The summed E-state index contributed by atoms with van der Waals surface area (Å²) in [5, 5.41) is 6.86. The summed E-state index contributed by atoms with van der Waals surface area (Å²) in [4.78, 5) is 17.3. The molecule has 0 saturated heterocycles. The maximum absolute atomic E-state index is 12.4. The molecule has 5 rings (SSSR count). The average molecular weight is 417 g/mol. The molecule has 0 unspecified atom stereocenters. The molecule has 2 heterocycles. The van der Waals surface area contributed by atoms with Crippen LogP contribution in [0.4, 0.5) is 0 Å². The molecule has 1 atom stereocenters. The minimum atomic E-state index is -0.732. The number of carbonyl (C=O) groups excluding carboxylic acids is 1. The molecular weight excluding hydrogens is 394 g/mol. The SMILES string of the molecule is COc1ccc([C@@H]2OC(c3cc(C4CC4)nc4ccccc34)=NN2C(C)=O)c(OC)c1. The van der Waals surface area contributed by atoms with Crippen LogP contribution in [0, 0.1) is 0 Å². The van der Waals surface area contributed by atoms with E-state index >= 15 is 0 Å². The van der Waals surface area contributed by atoms with Crippen LogP contribution >= 0.6 is 0 Å². The van der Waals surface area contributed by atoms with Crippen molar-refractivity contribution in [2.24, 2.45) is 5.10 Å². The van der Waals surface area contributed by atoms with Crippen LogP contribution in [0.15, 0.2) is 53.6 Å². The van der Waals surface area contributed by atoms with E-state index in [2.05, 4.69) is 5.10 Å². The lowest BCUT2D eigenvalue weighted by Crippen LogP contribution is -2.25. The highest BCUT2D eigenvalue weighted by Crippen LogP contribution is 2.42. The number of aromatic nitrogens is 1. The summed E-state index contributed by atoms with van der Waals surface area (Å²) in [5.74, 6) is 1.87. The zero-order chi connectivity index (χ0) is 21.5. The number of amides is 1. The van der Waals surface area contributed by atoms with E-state index < -0.39 is 6.23 Å². The van der Waals surface area contributed by atoms with Crippen molar-refractivity contribution in [2.45, 2.75) is 31.9 Å². The Kier molecular flexibility index (Phi) is 4.73. The standard InChI is InChI=1S/C24H23N3O4/c1-14(28)27-24(18-11-10-16(29-2)12-22(18)30-3)31-23(26-27)19-13-21(15-8-9-15)25-20-7-5-4-6-17(19)20/h4-7,10-13,15,24H,8-9H2,1-3H3/t24-/m0/s1. The van der Waals surface area contributed by atoms with Crippen LogP contribution in [-0.2, 0) is 9.53 Å². The smallest absolute Gasteiger partial charge is 0.243 e. The first-order valence-electron chi connectivity index (χ1n) is 10.3. The van der Waals surface area contributed by atoms with Gasteiger partial charge in [0.1, 0.15) is 11.5 Å². The van der Waals surface area contributed by atoms with Gasteiger partial charge in [-0.1, -0.05) is 18.2 Å². The summed E-state index contributed by atoms with van der Waals surface area (Å²) in [7, 11) is 3.17. The molecule has 158 valence electrons. The Morgan fingerprint density at radius 2 is 1.90 bits per heavy atom. The number of nitrogens with zero attached hydrogens (tertiary/aromatic N) is 3. The summed E-state index contributed by atoms with van der Waals surface area (Å²) in [6, 6.07) is 15.4. The second kappa shape index (κ2) is 7.58. The molecule has 0 bridgehead atoms. The Hall–Kier alpha value is -3.61. The lowest BCUT2D eigenvalue weighted by Gasteiger charge is -2.21. The van der Waals surface area contributed by atoms with E-state index in [0.29, 0.717) is 28.9 Å². The molecule has 7 nitrogen and oxygen atoms in total. The van der Waals surface area contributed by atoms with E-state index in [1.54, 1.807) is 20.3 Å². The number of hydrazone groups is 1. The Balaban J connectivity index is 1.60. The van der Waals surface area contributed by atoms with Gasteiger partial charge >= 0.3 is 0 Å². The zero-order valence-electron chi connectivity index (χ0n) is 17.7. The summed E-state index contributed by atoms with van der Waals surface area (Å²) in [6.45, 7) is 1.47. The highest BCUT2D eigenvalue weighted by Gasteiger charge is 2.36. The minimum absolute atomic E-state index is 0.223. The van der Waals surface area contributed by atoms with Gasteiger partial charge in [-0.05, 0) is 37.1 Å². The molecule has 1 saturated carbocycles. The van der Waals surface area contributed by atoms with Crippen LogP contribution in [0.25, 0.3) is 10.9 Å². The topological polar surface area (TPSA) is 73.3 Å². The highest BCUT2D eigenvalue weighted by molar-refractivity contribution is 6.07. The van der Waals surface area contributed by atoms with Gasteiger partial charge in [0.05, 0.1) is 25.3 Å². The van der Waals surface area contributed by atoms with Crippen LogP contribution in [0.1, 0.15) is 48.7 Å². The average Bonchev–Trinajstić information content (AvgIpc) is 3.56. The molecule has 0 N–H and O–H groups in total. The van der Waals surface area contributed by atoms with Crippen molar-refractivity contribution >= 4 is 22.7 Å². The Labute approximate surface area is 180 Å². The van der Waals surface area contributed by atoms with Gasteiger partial charge in [-0.3, -0.25) is 9.78 Å². The lowest BCUT2D eigenvalue weighted by atomic mass is 10.1. The van der Waals surface area contributed by atoms with E-state index in [4.69, 9.17) is 19.2 Å². The second-order valence-electron chi connectivity index (χ2n) is 7.73. The van der Waals surface area contributed by atoms with Crippen molar-refractivity contribution < 1.29 is 19.0 Å². The van der Waals surface area contributed by atoms with Gasteiger partial charge in [0.2, 0.25) is 18.0 Å². The molecule has 1 aliphatic carbocycles. The van der Waals surface area contributed by atoms with Crippen molar-refractivity contribution in [3.63, 3.8) is 0 Å². The first-order chi connectivity index (χ1) is 15.1. The fourth-order valence-electron chi connectivity index (χ4n) is 3.86. The minimum Gasteiger partial charge on any atom is -0.497 e. The molecule has 31 heavy (non-hydrogen) atoms. The summed E-state index contributed by atoms with van der Waals surface area (Å²) in [6.07, 6.45) is 1.55. The summed E-state index contributed by atoms with van der Waals surface area (Å²) >= 11 is 0. The molecule has 1 aromatic heterocycles. The predicted molar refractivity (Wildman–Crippen MR) is 116 cm³/mol. The van der Waals surface area contributed by atoms with E-state index in [1.807, 2.05) is 42.5 Å². The second-order valence-corrected chi connectivity index (χ2v) is 7.73. The molecule has 3 aromatic rings. The van der Waals surface area contributed by atoms with Gasteiger partial charge in [-0.15, -0.1) is 5.10 Å². The number of pyridine rings is 1. The van der Waals surface area contributed by atoms with Crippen LogP contribution in [0.3, 0.4) is 0 Å². The molecule has 2 aromatic carbocycles. The molecule has 0 radical (unpaired) electrons. The number of hydrogen-bond acceptors (Lipinski definition) is 6. The quantitative estimate of drug-likeness (QED) is 0.616. The maximum atomic E-state index is 12.4. The van der Waals surface area contributed by atoms with Gasteiger partial charge in [0, 0.05) is 35.6 Å². The number of rotatable bonds is 5. The number of ether oxygens (including phenoxy) is 3. The summed E-state index contributed by atoms with van der Waals surface area (Å²) in [5.41, 5.74) is 3.47. The van der Waals surface area contributed by atoms with Crippen LogP contribution in [0.5, 0.6) is 11.5 Å². The van der Waals surface area contributed by atoms with Crippen molar-refractivity contribution in [3.05, 3.63) is 65.4 Å². The first kappa shape index (κ1) is 19.4. The molecule has 2 aliphatic rings. The van der Waals surface area contributed by atoms with Crippen molar-refractivity contribution in [2.75, 3.05) is 14.2 Å². The lowest BCUT2D eigenvalue weighted by molar-refractivity contribution is -0.135. The van der Waals surface area contributed by atoms with Crippen LogP contribution in [-0.4, -0.2) is 36.0 Å². The monoisotopic (exact) mass is 417 g/mol. The number of hydrogen-bond donors (Lipinski definition) is 0. The molecule has 7 heteroatoms. The Morgan fingerprint density at radius 3 is 2.61 bits per heavy atom. The zero-order valence-corrected chi connectivity index (χ0v) is 17.7. The Bertz CT molecular complexity index is 1200. The van der Waals surface area contributed by atoms with E-state index in [-0.39, 0.29) is 5.91 Å². The fourth-order valence-corrected chi connectivity index (χ4v) is 3.86. The van der Waals surface area contributed by atoms with Gasteiger partial charge in [-0.25, -0.2) is 0 Å². The van der Waals surface area contributed by atoms with E-state index in [9.17, 15) is 4.79 Å². The maximum Gasteiger partial charge on any atom is 0.243 e. The number of para-hydroxylation sites is 1. The Morgan fingerprint density at radius 1 is 1.10 bits per heavy atom. The number of benzene rings is 2. The van der Waals surface area contributed by atoms with Crippen molar-refractivity contribution in [1.29, 1.82) is 0 Å². The number of fused-ring (bicyclic) bond motifs is 1. The summed E-state index contributed by atoms with van der Waals surface area (Å²) < 4.78 is 17.1. The normalized spacial score (nSPS) is 18.0. The predicted octanol–water partition coefficient (Wildman–Crippen LogP) is 4.37. The third-order valence-electron chi connectivity index (χ3n) is 5.64. The molecule has 0 spiro atoms. The van der Waals surface area contributed by atoms with Gasteiger partial charge < -0.3 is 14.2 Å². The van der Waals surface area contributed by atoms with Crippen molar-refractivity contribution in [3.8, 4) is 11.5 Å². The fraction of sp³-hybridized carbons (Fsp3) is 0.292. The number of methoxy groups -OCH3 is 2. The third kappa shape index (κ3) is 3.46. The van der Waals surface area contributed by atoms with E-state index in [1.165, 1.54) is 11.9 Å². The van der Waals surface area contributed by atoms with Crippen molar-refractivity contribution in [1.82, 2.24) is 9.99 Å². The molecule has 1 aliphatic heterocycles. The van der Waals surface area contributed by atoms with Crippen LogP contribution in [0.2, 0.25) is 0 Å². The van der Waals surface area contributed by atoms with Gasteiger partial charge in [0.15, 0.2) is 0 Å². The largest absolute Gasteiger partial charge is 0.497 e.